The van der Waals surface area contributed by atoms with E-state index in [1.165, 1.54) is 5.56 Å². The second-order valence-electron chi connectivity index (χ2n) is 7.74. The van der Waals surface area contributed by atoms with Crippen LogP contribution < -0.4 is 4.74 Å². The summed E-state index contributed by atoms with van der Waals surface area (Å²) >= 11 is 13.3. The lowest BCUT2D eigenvalue weighted by atomic mass is 9.91. The average Bonchev–Trinajstić information content (AvgIpc) is 3.23. The van der Waals surface area contributed by atoms with Gasteiger partial charge < -0.3 is 4.74 Å². The molecule has 3 aromatic carbocycles. The maximum atomic E-state index is 6.65. The zero-order valence-corrected chi connectivity index (χ0v) is 19.5. The molecule has 0 amide bonds. The number of pyridine rings is 1. The molecule has 4 nitrogen and oxygen atoms in total. The topological polar surface area (TPSA) is 39.9 Å². The fraction of sp³-hybridized carbons (Fsp3) is 0.111. The number of hydrogen-bond acceptors (Lipinski definition) is 3. The molecule has 2 heterocycles. The lowest BCUT2D eigenvalue weighted by molar-refractivity contribution is 0.419. The Hall–Kier alpha value is -3.34. The first kappa shape index (κ1) is 21.5. The molecule has 0 aliphatic heterocycles. The molecular weight excluding hydrogens is 453 g/mol. The number of imidazole rings is 1. The second-order valence-corrected chi connectivity index (χ2v) is 8.55. The van der Waals surface area contributed by atoms with Crippen molar-refractivity contribution in [2.75, 3.05) is 7.11 Å². The molecule has 0 fully saturated rings. The Morgan fingerprint density at radius 2 is 1.52 bits per heavy atom. The Labute approximate surface area is 202 Å². The molecule has 164 valence electrons. The van der Waals surface area contributed by atoms with E-state index >= 15 is 0 Å². The number of aromatic nitrogens is 3. The molecule has 5 rings (SSSR count). The maximum Gasteiger partial charge on any atom is 0.146 e. The molecule has 1 atom stereocenters. The third kappa shape index (κ3) is 4.08. The van der Waals surface area contributed by atoms with Crippen LogP contribution in [0, 0.1) is 0 Å². The second kappa shape index (κ2) is 9.26. The highest BCUT2D eigenvalue weighted by Gasteiger charge is 2.26. The zero-order chi connectivity index (χ0) is 22.8. The SMILES string of the molecule is COc1cccc2c1nc([C@H](Cc1ccccc1)c1ccccc1)n2-c1c(Cl)cncc1Cl. The van der Waals surface area contributed by atoms with E-state index in [0.29, 0.717) is 21.5 Å². The number of fused-ring (bicyclic) bond motifs is 1. The van der Waals surface area contributed by atoms with Crippen molar-refractivity contribution >= 4 is 34.2 Å². The Bertz CT molecular complexity index is 1380. The Kier molecular flexibility index (Phi) is 6.03. The predicted molar refractivity (Wildman–Crippen MR) is 134 cm³/mol. The van der Waals surface area contributed by atoms with E-state index in [2.05, 4.69) is 41.4 Å². The largest absolute Gasteiger partial charge is 0.494 e. The minimum absolute atomic E-state index is 0.0500. The minimum atomic E-state index is -0.0500. The van der Waals surface area contributed by atoms with E-state index in [0.717, 1.165) is 28.8 Å². The molecule has 5 aromatic rings. The van der Waals surface area contributed by atoms with Gasteiger partial charge in [-0.3, -0.25) is 9.55 Å². The van der Waals surface area contributed by atoms with Gasteiger partial charge in [0.25, 0.3) is 0 Å². The quantitative estimate of drug-likeness (QED) is 0.263. The number of nitrogens with zero attached hydrogens (tertiary/aromatic N) is 3. The Balaban J connectivity index is 1.83. The molecule has 0 saturated heterocycles. The van der Waals surface area contributed by atoms with Crippen molar-refractivity contribution in [1.29, 1.82) is 0 Å². The summed E-state index contributed by atoms with van der Waals surface area (Å²) in [5.41, 5.74) is 4.65. The summed E-state index contributed by atoms with van der Waals surface area (Å²) in [6.07, 6.45) is 3.97. The van der Waals surface area contributed by atoms with Crippen molar-refractivity contribution in [1.82, 2.24) is 14.5 Å². The lowest BCUT2D eigenvalue weighted by Crippen LogP contribution is -2.13. The maximum absolute atomic E-state index is 6.65. The molecule has 6 heteroatoms. The standard InChI is InChI=1S/C27H21Cl2N3O/c1-33-24-14-8-13-23-25(24)31-27(32(23)26-21(28)16-30-17-22(26)29)20(19-11-6-3-7-12-19)15-18-9-4-2-5-10-18/h2-14,16-17,20H,15H2,1H3/t20-/m1/s1. The van der Waals surface area contributed by atoms with Gasteiger partial charge >= 0.3 is 0 Å². The van der Waals surface area contributed by atoms with Crippen LogP contribution in [0.1, 0.15) is 22.9 Å². The highest BCUT2D eigenvalue weighted by Crippen LogP contribution is 2.39. The van der Waals surface area contributed by atoms with Crippen LogP contribution in [0.3, 0.4) is 0 Å². The van der Waals surface area contributed by atoms with Gasteiger partial charge in [0, 0.05) is 18.3 Å². The van der Waals surface area contributed by atoms with E-state index in [4.69, 9.17) is 32.9 Å². The number of hydrogen-bond donors (Lipinski definition) is 0. The molecule has 0 N–H and O–H groups in total. The van der Waals surface area contributed by atoms with Gasteiger partial charge in [0.1, 0.15) is 17.1 Å². The van der Waals surface area contributed by atoms with Crippen molar-refractivity contribution in [3.8, 4) is 11.4 Å². The van der Waals surface area contributed by atoms with Gasteiger partial charge in [0.05, 0.1) is 28.4 Å². The van der Waals surface area contributed by atoms with Crippen molar-refractivity contribution in [3.05, 3.63) is 118 Å². The van der Waals surface area contributed by atoms with E-state index in [1.54, 1.807) is 19.5 Å². The number of rotatable bonds is 6. The van der Waals surface area contributed by atoms with Crippen molar-refractivity contribution in [3.63, 3.8) is 0 Å². The summed E-state index contributed by atoms with van der Waals surface area (Å²) in [6.45, 7) is 0. The summed E-state index contributed by atoms with van der Waals surface area (Å²) in [5.74, 6) is 1.48. The van der Waals surface area contributed by atoms with Gasteiger partial charge in [-0.2, -0.15) is 0 Å². The molecule has 0 spiro atoms. The van der Waals surface area contributed by atoms with Gasteiger partial charge in [0.2, 0.25) is 0 Å². The first-order chi connectivity index (χ1) is 16.2. The first-order valence-electron chi connectivity index (χ1n) is 10.6. The Morgan fingerprint density at radius 1 is 0.848 bits per heavy atom. The van der Waals surface area contributed by atoms with E-state index < -0.39 is 0 Å². The summed E-state index contributed by atoms with van der Waals surface area (Å²) in [4.78, 5) is 9.26. The number of para-hydroxylation sites is 1. The normalized spacial score (nSPS) is 12.1. The summed E-state index contributed by atoms with van der Waals surface area (Å²) < 4.78 is 7.69. The number of halogens is 2. The Morgan fingerprint density at radius 3 is 2.18 bits per heavy atom. The van der Waals surface area contributed by atoms with Crippen LogP contribution in [0.5, 0.6) is 5.75 Å². The van der Waals surface area contributed by atoms with Crippen molar-refractivity contribution in [2.24, 2.45) is 0 Å². The van der Waals surface area contributed by atoms with Crippen LogP contribution in [0.25, 0.3) is 16.7 Å². The fourth-order valence-electron chi connectivity index (χ4n) is 4.24. The van der Waals surface area contributed by atoms with Crippen LogP contribution in [0.2, 0.25) is 10.0 Å². The van der Waals surface area contributed by atoms with E-state index in [9.17, 15) is 0 Å². The number of ether oxygens (including phenoxy) is 1. The van der Waals surface area contributed by atoms with Crippen LogP contribution in [-0.4, -0.2) is 21.6 Å². The zero-order valence-electron chi connectivity index (χ0n) is 18.0. The van der Waals surface area contributed by atoms with Crippen LogP contribution in [0.4, 0.5) is 0 Å². The molecule has 0 bridgehead atoms. The molecule has 0 saturated carbocycles. The lowest BCUT2D eigenvalue weighted by Gasteiger charge is -2.20. The fourth-order valence-corrected chi connectivity index (χ4v) is 4.77. The summed E-state index contributed by atoms with van der Waals surface area (Å²) in [5, 5.41) is 0.912. The average molecular weight is 474 g/mol. The number of methoxy groups -OCH3 is 1. The molecule has 0 radical (unpaired) electrons. The molecular formula is C27H21Cl2N3O. The third-order valence-corrected chi connectivity index (χ3v) is 6.30. The van der Waals surface area contributed by atoms with Crippen molar-refractivity contribution < 1.29 is 4.74 Å². The number of benzene rings is 3. The van der Waals surface area contributed by atoms with E-state index in [-0.39, 0.29) is 5.92 Å². The molecule has 33 heavy (non-hydrogen) atoms. The van der Waals surface area contributed by atoms with Gasteiger partial charge in [-0.15, -0.1) is 0 Å². The van der Waals surface area contributed by atoms with Gasteiger partial charge in [-0.25, -0.2) is 4.98 Å². The minimum Gasteiger partial charge on any atom is -0.494 e. The molecule has 0 aliphatic rings. The van der Waals surface area contributed by atoms with Crippen LogP contribution in [-0.2, 0) is 6.42 Å². The first-order valence-corrected chi connectivity index (χ1v) is 11.4. The molecule has 0 unspecified atom stereocenters. The highest BCUT2D eigenvalue weighted by molar-refractivity contribution is 6.37. The monoisotopic (exact) mass is 473 g/mol. The van der Waals surface area contributed by atoms with Gasteiger partial charge in [-0.1, -0.05) is 89.9 Å². The summed E-state index contributed by atoms with van der Waals surface area (Å²) in [7, 11) is 1.65. The third-order valence-electron chi connectivity index (χ3n) is 5.74. The van der Waals surface area contributed by atoms with Crippen LogP contribution in [0.15, 0.2) is 91.3 Å². The molecule has 2 aromatic heterocycles. The smallest absolute Gasteiger partial charge is 0.146 e. The predicted octanol–water partition coefficient (Wildman–Crippen LogP) is 7.11. The van der Waals surface area contributed by atoms with Gasteiger partial charge in [-0.05, 0) is 29.7 Å². The van der Waals surface area contributed by atoms with Gasteiger partial charge in [0.15, 0.2) is 0 Å². The van der Waals surface area contributed by atoms with Crippen molar-refractivity contribution in [2.45, 2.75) is 12.3 Å². The highest BCUT2D eigenvalue weighted by atomic mass is 35.5. The van der Waals surface area contributed by atoms with E-state index in [1.807, 2.05) is 47.0 Å². The van der Waals surface area contributed by atoms with Crippen LogP contribution >= 0.6 is 23.2 Å². The molecule has 0 aliphatic carbocycles. The summed E-state index contributed by atoms with van der Waals surface area (Å²) in [6, 6.07) is 26.6.